The summed E-state index contributed by atoms with van der Waals surface area (Å²) >= 11 is 0. The molecule has 94 valence electrons. The van der Waals surface area contributed by atoms with Crippen LogP contribution < -0.4 is 10.6 Å². The number of nitrogens with one attached hydrogen (secondary N) is 2. The minimum absolute atomic E-state index is 0.271. The van der Waals surface area contributed by atoms with Crippen LogP contribution in [-0.4, -0.2) is 35.6 Å². The van der Waals surface area contributed by atoms with Gasteiger partial charge in [-0.2, -0.15) is 0 Å². The molecule has 0 fully saturated rings. The third kappa shape index (κ3) is 6.40. The van der Waals surface area contributed by atoms with Crippen LogP contribution in [0.15, 0.2) is 0 Å². The number of hydrogen-bond acceptors (Lipinski definition) is 3. The van der Waals surface area contributed by atoms with Crippen molar-refractivity contribution in [3.05, 3.63) is 0 Å². The molecule has 0 aliphatic rings. The molecule has 2 atom stereocenters. The first kappa shape index (κ1) is 14.9. The van der Waals surface area contributed by atoms with Gasteiger partial charge in [0.05, 0.1) is 0 Å². The Morgan fingerprint density at radius 2 is 1.94 bits per heavy atom. The molecule has 0 aromatic rings. The minimum Gasteiger partial charge on any atom is -0.480 e. The number of carboxylic acid groups (broad SMARTS) is 1. The van der Waals surface area contributed by atoms with Gasteiger partial charge in [0.15, 0.2) is 0 Å². The first-order valence-corrected chi connectivity index (χ1v) is 5.74. The Morgan fingerprint density at radius 3 is 2.31 bits per heavy atom. The lowest BCUT2D eigenvalue weighted by atomic mass is 10.1. The van der Waals surface area contributed by atoms with Crippen molar-refractivity contribution in [2.24, 2.45) is 0 Å². The van der Waals surface area contributed by atoms with Gasteiger partial charge in [0.1, 0.15) is 6.04 Å². The lowest BCUT2D eigenvalue weighted by Gasteiger charge is -2.20. The van der Waals surface area contributed by atoms with Crippen molar-refractivity contribution >= 4 is 11.9 Å². The summed E-state index contributed by atoms with van der Waals surface area (Å²) in [5.41, 5.74) is 0. The molecule has 0 saturated heterocycles. The summed E-state index contributed by atoms with van der Waals surface area (Å²) in [6.07, 6.45) is 3.03. The van der Waals surface area contributed by atoms with Crippen LogP contribution in [-0.2, 0) is 9.59 Å². The molecule has 0 aliphatic carbocycles. The van der Waals surface area contributed by atoms with E-state index in [1.165, 1.54) is 6.92 Å². The Labute approximate surface area is 96.6 Å². The molecule has 0 aromatic carbocycles. The molecule has 1 amide bonds. The smallest absolute Gasteiger partial charge is 0.327 e. The predicted molar refractivity (Wildman–Crippen MR) is 62.2 cm³/mol. The number of carbonyl (C=O) groups excluding carboxylic acids is 1. The molecule has 0 bridgehead atoms. The van der Waals surface area contributed by atoms with E-state index in [0.29, 0.717) is 6.04 Å². The van der Waals surface area contributed by atoms with Gasteiger partial charge in [0.25, 0.3) is 0 Å². The maximum absolute atomic E-state index is 10.8. The highest BCUT2D eigenvalue weighted by atomic mass is 16.4. The van der Waals surface area contributed by atoms with E-state index in [9.17, 15) is 9.59 Å². The zero-order valence-electron chi connectivity index (χ0n) is 10.2. The van der Waals surface area contributed by atoms with E-state index in [0.717, 1.165) is 19.3 Å². The van der Waals surface area contributed by atoms with E-state index in [4.69, 9.17) is 5.11 Å². The van der Waals surface area contributed by atoms with Crippen molar-refractivity contribution < 1.29 is 14.7 Å². The molecular weight excluding hydrogens is 208 g/mol. The SMILES string of the molecule is CCCC(CC)NCC(NC(C)=O)C(=O)O. The zero-order valence-corrected chi connectivity index (χ0v) is 10.2. The molecule has 0 aliphatic heterocycles. The van der Waals surface area contributed by atoms with E-state index in [2.05, 4.69) is 24.5 Å². The standard InChI is InChI=1S/C11H22N2O3/c1-4-6-9(5-2)12-7-10(11(15)16)13-8(3)14/h9-10,12H,4-7H2,1-3H3,(H,13,14)(H,15,16). The van der Waals surface area contributed by atoms with Crippen LogP contribution in [0.2, 0.25) is 0 Å². The normalized spacial score (nSPS) is 14.2. The van der Waals surface area contributed by atoms with Crippen LogP contribution in [0, 0.1) is 0 Å². The van der Waals surface area contributed by atoms with Gasteiger partial charge in [0.2, 0.25) is 5.91 Å². The Kier molecular flexibility index (Phi) is 7.54. The Hall–Kier alpha value is -1.10. The fourth-order valence-corrected chi connectivity index (χ4v) is 1.53. The Morgan fingerprint density at radius 1 is 1.31 bits per heavy atom. The molecule has 3 N–H and O–H groups in total. The molecule has 5 nitrogen and oxygen atoms in total. The van der Waals surface area contributed by atoms with Crippen molar-refractivity contribution in [1.29, 1.82) is 0 Å². The highest BCUT2D eigenvalue weighted by Crippen LogP contribution is 2.00. The molecule has 16 heavy (non-hydrogen) atoms. The molecule has 0 radical (unpaired) electrons. The van der Waals surface area contributed by atoms with Crippen LogP contribution in [0.3, 0.4) is 0 Å². The monoisotopic (exact) mass is 230 g/mol. The number of hydrogen-bond donors (Lipinski definition) is 3. The second-order valence-corrected chi connectivity index (χ2v) is 3.89. The third-order valence-corrected chi connectivity index (χ3v) is 2.42. The third-order valence-electron chi connectivity index (χ3n) is 2.42. The Balaban J connectivity index is 4.09. The van der Waals surface area contributed by atoms with Crippen molar-refractivity contribution in [3.8, 4) is 0 Å². The summed E-state index contributed by atoms with van der Waals surface area (Å²) in [6, 6.07) is -0.524. The van der Waals surface area contributed by atoms with Crippen LogP contribution in [0.1, 0.15) is 40.0 Å². The van der Waals surface area contributed by atoms with Crippen molar-refractivity contribution in [3.63, 3.8) is 0 Å². The number of carbonyl (C=O) groups is 2. The number of amides is 1. The van der Waals surface area contributed by atoms with E-state index in [-0.39, 0.29) is 12.5 Å². The van der Waals surface area contributed by atoms with Gasteiger partial charge in [-0.05, 0) is 12.8 Å². The first-order chi connectivity index (χ1) is 7.51. The first-order valence-electron chi connectivity index (χ1n) is 5.74. The van der Waals surface area contributed by atoms with E-state index in [1.54, 1.807) is 0 Å². The minimum atomic E-state index is -1.01. The van der Waals surface area contributed by atoms with Crippen molar-refractivity contribution in [1.82, 2.24) is 10.6 Å². The number of carboxylic acids is 1. The number of aliphatic carboxylic acids is 1. The van der Waals surface area contributed by atoms with E-state index >= 15 is 0 Å². The Bertz CT molecular complexity index is 231. The average Bonchev–Trinajstić information content (AvgIpc) is 2.21. The van der Waals surface area contributed by atoms with E-state index in [1.807, 2.05) is 0 Å². The summed E-state index contributed by atoms with van der Waals surface area (Å²) in [4.78, 5) is 21.6. The second-order valence-electron chi connectivity index (χ2n) is 3.89. The summed E-state index contributed by atoms with van der Waals surface area (Å²) in [6.45, 7) is 5.74. The second kappa shape index (κ2) is 8.10. The molecular formula is C11H22N2O3. The number of rotatable bonds is 8. The average molecular weight is 230 g/mol. The summed E-state index contributed by atoms with van der Waals surface area (Å²) < 4.78 is 0. The molecule has 5 heteroatoms. The van der Waals surface area contributed by atoms with Crippen LogP contribution in [0.5, 0.6) is 0 Å². The fourth-order valence-electron chi connectivity index (χ4n) is 1.53. The van der Waals surface area contributed by atoms with Crippen LogP contribution in [0.4, 0.5) is 0 Å². The quantitative estimate of drug-likeness (QED) is 0.575. The van der Waals surface area contributed by atoms with Crippen molar-refractivity contribution in [2.45, 2.75) is 52.1 Å². The highest BCUT2D eigenvalue weighted by molar-refractivity contribution is 5.82. The van der Waals surface area contributed by atoms with Gasteiger partial charge in [-0.3, -0.25) is 4.79 Å². The van der Waals surface area contributed by atoms with E-state index < -0.39 is 12.0 Å². The van der Waals surface area contributed by atoms with Gasteiger partial charge in [-0.1, -0.05) is 20.3 Å². The molecule has 0 rings (SSSR count). The maximum Gasteiger partial charge on any atom is 0.327 e. The molecule has 0 spiro atoms. The summed E-state index contributed by atoms with van der Waals surface area (Å²) in [5, 5.41) is 14.4. The fraction of sp³-hybridized carbons (Fsp3) is 0.818. The largest absolute Gasteiger partial charge is 0.480 e. The van der Waals surface area contributed by atoms with Gasteiger partial charge >= 0.3 is 5.97 Å². The summed E-state index contributed by atoms with van der Waals surface area (Å²) in [5.74, 6) is -1.33. The predicted octanol–water partition coefficient (Wildman–Crippen LogP) is 0.744. The van der Waals surface area contributed by atoms with Gasteiger partial charge in [-0.15, -0.1) is 0 Å². The maximum atomic E-state index is 10.8. The molecule has 0 aromatic heterocycles. The molecule has 0 heterocycles. The topological polar surface area (TPSA) is 78.4 Å². The van der Waals surface area contributed by atoms with Gasteiger partial charge < -0.3 is 15.7 Å². The zero-order chi connectivity index (χ0) is 12.6. The highest BCUT2D eigenvalue weighted by Gasteiger charge is 2.18. The lowest BCUT2D eigenvalue weighted by Crippen LogP contribution is -2.48. The van der Waals surface area contributed by atoms with Crippen LogP contribution in [0.25, 0.3) is 0 Å². The van der Waals surface area contributed by atoms with Crippen LogP contribution >= 0.6 is 0 Å². The van der Waals surface area contributed by atoms with Gasteiger partial charge in [-0.25, -0.2) is 4.79 Å². The summed E-state index contributed by atoms with van der Waals surface area (Å²) in [7, 11) is 0. The molecule has 2 unspecified atom stereocenters. The molecule has 0 saturated carbocycles. The van der Waals surface area contributed by atoms with Gasteiger partial charge in [0, 0.05) is 19.5 Å². The lowest BCUT2D eigenvalue weighted by molar-refractivity contribution is -0.141. The van der Waals surface area contributed by atoms with Crippen molar-refractivity contribution in [2.75, 3.05) is 6.54 Å².